The first-order chi connectivity index (χ1) is 16.5. The molecule has 8 nitrogen and oxygen atoms in total. The average molecular weight is 504 g/mol. The van der Waals surface area contributed by atoms with Crippen molar-refractivity contribution in [3.8, 4) is 5.75 Å². The zero-order chi connectivity index (χ0) is 26.0. The third kappa shape index (κ3) is 8.90. The van der Waals surface area contributed by atoms with Gasteiger partial charge in [-0.15, -0.1) is 0 Å². The van der Waals surface area contributed by atoms with Crippen LogP contribution in [0.15, 0.2) is 54.6 Å². The molecule has 0 aromatic heterocycles. The summed E-state index contributed by atoms with van der Waals surface area (Å²) in [7, 11) is -2.00. The minimum atomic E-state index is -3.54. The minimum absolute atomic E-state index is 0.0381. The van der Waals surface area contributed by atoms with Crippen LogP contribution in [0.5, 0.6) is 5.75 Å². The molecule has 1 unspecified atom stereocenters. The molecule has 0 saturated heterocycles. The normalized spacial score (nSPS) is 12.2. The minimum Gasteiger partial charge on any atom is -0.497 e. The van der Waals surface area contributed by atoms with E-state index in [1.165, 1.54) is 4.31 Å². The van der Waals surface area contributed by atoms with Gasteiger partial charge in [0.05, 0.1) is 19.1 Å². The van der Waals surface area contributed by atoms with E-state index in [-0.39, 0.29) is 30.8 Å². The van der Waals surface area contributed by atoms with Crippen molar-refractivity contribution in [2.24, 2.45) is 0 Å². The first kappa shape index (κ1) is 28.2. The fraction of sp³-hybridized carbons (Fsp3) is 0.462. The summed E-state index contributed by atoms with van der Waals surface area (Å²) in [6.07, 6.45) is 2.20. The first-order valence-electron chi connectivity index (χ1n) is 11.8. The van der Waals surface area contributed by atoms with Gasteiger partial charge in [0.15, 0.2) is 0 Å². The maximum Gasteiger partial charge on any atom is 0.242 e. The van der Waals surface area contributed by atoms with Crippen molar-refractivity contribution in [2.45, 2.75) is 52.1 Å². The van der Waals surface area contributed by atoms with Gasteiger partial charge in [-0.1, -0.05) is 30.3 Å². The van der Waals surface area contributed by atoms with Gasteiger partial charge < -0.3 is 15.0 Å². The molecular weight excluding hydrogens is 466 g/mol. The van der Waals surface area contributed by atoms with Gasteiger partial charge in [-0.25, -0.2) is 8.42 Å². The van der Waals surface area contributed by atoms with Crippen LogP contribution < -0.4 is 14.4 Å². The van der Waals surface area contributed by atoms with Crippen LogP contribution >= 0.6 is 0 Å². The molecule has 2 aromatic carbocycles. The van der Waals surface area contributed by atoms with Crippen molar-refractivity contribution in [1.29, 1.82) is 0 Å². The van der Waals surface area contributed by atoms with Gasteiger partial charge in [-0.3, -0.25) is 13.9 Å². The van der Waals surface area contributed by atoms with Gasteiger partial charge in [0.1, 0.15) is 11.8 Å². The molecule has 9 heteroatoms. The van der Waals surface area contributed by atoms with Gasteiger partial charge in [-0.2, -0.15) is 0 Å². The number of rotatable bonds is 13. The lowest BCUT2D eigenvalue weighted by Crippen LogP contribution is -2.50. The summed E-state index contributed by atoms with van der Waals surface area (Å²) >= 11 is 0. The lowest BCUT2D eigenvalue weighted by molar-refractivity contribution is -0.140. The fourth-order valence-corrected chi connectivity index (χ4v) is 4.69. The maximum atomic E-state index is 13.2. The van der Waals surface area contributed by atoms with E-state index in [4.69, 9.17) is 4.74 Å². The monoisotopic (exact) mass is 503 g/mol. The molecule has 0 radical (unpaired) electrons. The SMILES string of the molecule is COc1ccc(N(CCCC(=O)N(CCc2ccccc2)C(C)C(=O)NC(C)C)S(C)(=O)=O)cc1. The van der Waals surface area contributed by atoms with Crippen LogP contribution in [0.25, 0.3) is 0 Å². The Balaban J connectivity index is 2.10. The third-order valence-electron chi connectivity index (χ3n) is 5.60. The van der Waals surface area contributed by atoms with Gasteiger partial charge in [-0.05, 0) is 63.4 Å². The van der Waals surface area contributed by atoms with E-state index >= 15 is 0 Å². The number of hydrogen-bond donors (Lipinski definition) is 1. The van der Waals surface area contributed by atoms with Crippen LogP contribution in [0, 0.1) is 0 Å². The molecule has 192 valence electrons. The third-order valence-corrected chi connectivity index (χ3v) is 6.79. The molecule has 0 fully saturated rings. The zero-order valence-electron chi connectivity index (χ0n) is 21.2. The molecule has 0 bridgehead atoms. The second-order valence-electron chi connectivity index (χ2n) is 8.80. The molecule has 0 heterocycles. The number of carbonyl (C=O) groups is 2. The van der Waals surface area contributed by atoms with E-state index in [9.17, 15) is 18.0 Å². The lowest BCUT2D eigenvalue weighted by atomic mass is 10.1. The first-order valence-corrected chi connectivity index (χ1v) is 13.6. The Morgan fingerprint density at radius 3 is 2.14 bits per heavy atom. The van der Waals surface area contributed by atoms with E-state index in [1.807, 2.05) is 44.2 Å². The molecule has 1 atom stereocenters. The number of amides is 2. The molecule has 2 amide bonds. The topological polar surface area (TPSA) is 96.0 Å². The van der Waals surface area contributed by atoms with Crippen molar-refractivity contribution < 1.29 is 22.7 Å². The maximum absolute atomic E-state index is 13.2. The Morgan fingerprint density at radius 2 is 1.60 bits per heavy atom. The van der Waals surface area contributed by atoms with E-state index in [1.54, 1.807) is 43.2 Å². The van der Waals surface area contributed by atoms with Crippen LogP contribution in [-0.2, 0) is 26.0 Å². The van der Waals surface area contributed by atoms with Crippen LogP contribution in [0.3, 0.4) is 0 Å². The second kappa shape index (κ2) is 13.1. The van der Waals surface area contributed by atoms with Gasteiger partial charge in [0.25, 0.3) is 0 Å². The van der Waals surface area contributed by atoms with Crippen molar-refractivity contribution >= 4 is 27.5 Å². The Morgan fingerprint density at radius 1 is 0.971 bits per heavy atom. The smallest absolute Gasteiger partial charge is 0.242 e. The molecule has 0 aliphatic rings. The number of ether oxygens (including phenoxy) is 1. The average Bonchev–Trinajstić information content (AvgIpc) is 2.81. The van der Waals surface area contributed by atoms with Crippen LogP contribution in [0.4, 0.5) is 5.69 Å². The summed E-state index contributed by atoms with van der Waals surface area (Å²) in [4.78, 5) is 27.5. The van der Waals surface area contributed by atoms with Crippen molar-refractivity contribution in [1.82, 2.24) is 10.2 Å². The van der Waals surface area contributed by atoms with E-state index in [2.05, 4.69) is 5.32 Å². The Bertz CT molecular complexity index is 1060. The van der Waals surface area contributed by atoms with Gasteiger partial charge >= 0.3 is 0 Å². The van der Waals surface area contributed by atoms with Crippen LogP contribution in [0.2, 0.25) is 0 Å². The van der Waals surface area contributed by atoms with E-state index in [0.717, 1.165) is 11.8 Å². The van der Waals surface area contributed by atoms with E-state index < -0.39 is 16.1 Å². The predicted octanol–water partition coefficient (Wildman–Crippen LogP) is 3.23. The molecule has 0 aliphatic heterocycles. The second-order valence-corrected chi connectivity index (χ2v) is 10.7. The molecule has 1 N–H and O–H groups in total. The standard InChI is InChI=1S/C26H37N3O5S/c1-20(2)27-26(31)21(3)28(19-17-22-10-7-6-8-11-22)25(30)12-9-18-29(35(5,32)33)23-13-15-24(34-4)16-14-23/h6-8,10-11,13-16,20-21H,9,12,17-19H2,1-5H3,(H,27,31). The molecule has 0 aliphatic carbocycles. The van der Waals surface area contributed by atoms with Gasteiger partial charge in [0.2, 0.25) is 21.8 Å². The summed E-state index contributed by atoms with van der Waals surface area (Å²) in [6.45, 7) is 6.01. The molecule has 2 aromatic rings. The molecule has 0 spiro atoms. The fourth-order valence-electron chi connectivity index (χ4n) is 3.73. The highest BCUT2D eigenvalue weighted by Crippen LogP contribution is 2.22. The Hall–Kier alpha value is -3.07. The summed E-state index contributed by atoms with van der Waals surface area (Å²) in [6, 6.07) is 15.8. The number of nitrogens with one attached hydrogen (secondary N) is 1. The van der Waals surface area contributed by atoms with Crippen LogP contribution in [0.1, 0.15) is 39.2 Å². The Labute approximate surface area is 209 Å². The number of benzene rings is 2. The van der Waals surface area contributed by atoms with Crippen molar-refractivity contribution in [3.05, 3.63) is 60.2 Å². The summed E-state index contributed by atoms with van der Waals surface area (Å²) in [5, 5.41) is 2.87. The summed E-state index contributed by atoms with van der Waals surface area (Å²) < 4.78 is 31.2. The number of hydrogen-bond acceptors (Lipinski definition) is 5. The van der Waals surface area contributed by atoms with Crippen molar-refractivity contribution in [3.63, 3.8) is 0 Å². The Kier molecular flexibility index (Phi) is 10.6. The highest BCUT2D eigenvalue weighted by molar-refractivity contribution is 7.92. The number of sulfonamides is 1. The largest absolute Gasteiger partial charge is 0.497 e. The zero-order valence-corrected chi connectivity index (χ0v) is 22.0. The van der Waals surface area contributed by atoms with Crippen LogP contribution in [-0.4, -0.2) is 63.7 Å². The number of methoxy groups -OCH3 is 1. The molecule has 2 rings (SSSR count). The predicted molar refractivity (Wildman–Crippen MR) is 139 cm³/mol. The highest BCUT2D eigenvalue weighted by Gasteiger charge is 2.26. The summed E-state index contributed by atoms with van der Waals surface area (Å²) in [5.41, 5.74) is 1.58. The quantitative estimate of drug-likeness (QED) is 0.453. The lowest BCUT2D eigenvalue weighted by Gasteiger charge is -2.30. The summed E-state index contributed by atoms with van der Waals surface area (Å²) in [5.74, 6) is 0.230. The van der Waals surface area contributed by atoms with Gasteiger partial charge in [0, 0.05) is 25.6 Å². The highest BCUT2D eigenvalue weighted by atomic mass is 32.2. The number of nitrogens with zero attached hydrogens (tertiary/aromatic N) is 2. The van der Waals surface area contributed by atoms with Crippen molar-refractivity contribution in [2.75, 3.05) is 30.8 Å². The van der Waals surface area contributed by atoms with E-state index in [0.29, 0.717) is 30.8 Å². The molecule has 0 saturated carbocycles. The molecular formula is C26H37N3O5S. The number of anilines is 1. The number of carbonyl (C=O) groups excluding carboxylic acids is 2. The molecule has 35 heavy (non-hydrogen) atoms.